The van der Waals surface area contributed by atoms with Gasteiger partial charge >= 0.3 is 0 Å². The third-order valence-corrected chi connectivity index (χ3v) is 5.07. The first-order valence-electron chi connectivity index (χ1n) is 10.2. The van der Waals surface area contributed by atoms with Gasteiger partial charge in [0, 0.05) is 53.8 Å². The molecule has 4 rings (SSSR count). The van der Waals surface area contributed by atoms with E-state index in [-0.39, 0.29) is 18.1 Å². The van der Waals surface area contributed by atoms with Crippen LogP contribution in [0.4, 0.5) is 10.1 Å². The minimum atomic E-state index is -0.330. The number of pyridine rings is 1. The molecule has 0 radical (unpaired) electrons. The molecule has 164 valence electrons. The number of anilines is 1. The van der Waals surface area contributed by atoms with Crippen molar-refractivity contribution in [2.24, 2.45) is 0 Å². The van der Waals surface area contributed by atoms with E-state index in [9.17, 15) is 9.18 Å². The van der Waals surface area contributed by atoms with Gasteiger partial charge in [0.25, 0.3) is 0 Å². The van der Waals surface area contributed by atoms with Gasteiger partial charge in [-0.05, 0) is 55.0 Å². The summed E-state index contributed by atoms with van der Waals surface area (Å²) < 4.78 is 18.2. The molecule has 2 aromatic heterocycles. The van der Waals surface area contributed by atoms with Gasteiger partial charge in [-0.3, -0.25) is 9.78 Å². The van der Waals surface area contributed by atoms with Crippen LogP contribution in [0.5, 0.6) is 0 Å². The standard InChI is InChI=1S/C23H21ClFN5O2/c24-16-4-7-18-19(10-13-27-20(18)14-16)26-11-1-12-28-21(31)8-9-22-29-23(30-32-22)15-2-5-17(25)6-3-15/h2-7,10,13-14H,1,8-9,11-12H2,(H,26,27)(H,28,31). The number of benzene rings is 2. The molecule has 2 aromatic carbocycles. The van der Waals surface area contributed by atoms with Crippen molar-refractivity contribution in [3.8, 4) is 11.4 Å². The van der Waals surface area contributed by atoms with Crippen LogP contribution in [0.3, 0.4) is 0 Å². The molecule has 7 nitrogen and oxygen atoms in total. The highest BCUT2D eigenvalue weighted by Gasteiger charge is 2.11. The first kappa shape index (κ1) is 21.7. The van der Waals surface area contributed by atoms with Crippen LogP contribution >= 0.6 is 11.6 Å². The van der Waals surface area contributed by atoms with Crippen LogP contribution in [0.15, 0.2) is 59.3 Å². The van der Waals surface area contributed by atoms with Crippen molar-refractivity contribution in [2.45, 2.75) is 19.3 Å². The largest absolute Gasteiger partial charge is 0.384 e. The van der Waals surface area contributed by atoms with Crippen molar-refractivity contribution in [1.29, 1.82) is 0 Å². The Balaban J connectivity index is 1.17. The van der Waals surface area contributed by atoms with Crippen molar-refractivity contribution in [2.75, 3.05) is 18.4 Å². The summed E-state index contributed by atoms with van der Waals surface area (Å²) in [5.74, 6) is 0.321. The molecule has 0 unspecified atom stereocenters. The van der Waals surface area contributed by atoms with Crippen LogP contribution in [0, 0.1) is 5.82 Å². The van der Waals surface area contributed by atoms with Gasteiger partial charge in [0.15, 0.2) is 0 Å². The zero-order valence-corrected chi connectivity index (χ0v) is 17.9. The van der Waals surface area contributed by atoms with Gasteiger partial charge < -0.3 is 15.2 Å². The second kappa shape index (κ2) is 10.2. The molecule has 1 amide bonds. The van der Waals surface area contributed by atoms with E-state index < -0.39 is 0 Å². The number of halogens is 2. The molecule has 0 bridgehead atoms. The van der Waals surface area contributed by atoms with Crippen molar-refractivity contribution < 1.29 is 13.7 Å². The van der Waals surface area contributed by atoms with E-state index >= 15 is 0 Å². The first-order chi connectivity index (χ1) is 15.6. The molecule has 0 saturated heterocycles. The lowest BCUT2D eigenvalue weighted by Crippen LogP contribution is -2.26. The third kappa shape index (κ3) is 5.59. The fraction of sp³-hybridized carbons (Fsp3) is 0.217. The predicted octanol–water partition coefficient (Wildman–Crippen LogP) is 4.63. The fourth-order valence-electron chi connectivity index (χ4n) is 3.20. The third-order valence-electron chi connectivity index (χ3n) is 4.83. The Morgan fingerprint density at radius 1 is 1.09 bits per heavy atom. The lowest BCUT2D eigenvalue weighted by molar-refractivity contribution is -0.121. The average molecular weight is 454 g/mol. The number of rotatable bonds is 9. The van der Waals surface area contributed by atoms with Crippen molar-refractivity contribution in [3.05, 3.63) is 71.5 Å². The van der Waals surface area contributed by atoms with Gasteiger partial charge in [0.1, 0.15) is 5.82 Å². The van der Waals surface area contributed by atoms with Crippen molar-refractivity contribution in [1.82, 2.24) is 20.4 Å². The lowest BCUT2D eigenvalue weighted by Gasteiger charge is -2.10. The summed E-state index contributed by atoms with van der Waals surface area (Å²) in [5, 5.41) is 11.8. The molecule has 0 aliphatic carbocycles. The Morgan fingerprint density at radius 2 is 1.94 bits per heavy atom. The normalized spacial score (nSPS) is 10.9. The average Bonchev–Trinajstić information content (AvgIpc) is 3.27. The number of hydrogen-bond donors (Lipinski definition) is 2. The number of aromatic nitrogens is 3. The first-order valence-corrected chi connectivity index (χ1v) is 10.6. The number of carbonyl (C=O) groups excluding carboxylic acids is 1. The Kier molecular flexibility index (Phi) is 6.91. The fourth-order valence-corrected chi connectivity index (χ4v) is 3.36. The van der Waals surface area contributed by atoms with E-state index in [1.54, 1.807) is 18.3 Å². The second-order valence-electron chi connectivity index (χ2n) is 7.17. The number of carbonyl (C=O) groups is 1. The minimum Gasteiger partial charge on any atom is -0.384 e. The predicted molar refractivity (Wildman–Crippen MR) is 121 cm³/mol. The van der Waals surface area contributed by atoms with Crippen LogP contribution in [0.1, 0.15) is 18.7 Å². The molecule has 2 heterocycles. The topological polar surface area (TPSA) is 92.9 Å². The summed E-state index contributed by atoms with van der Waals surface area (Å²) in [5.41, 5.74) is 2.47. The molecule has 0 aliphatic rings. The number of aryl methyl sites for hydroxylation is 1. The van der Waals surface area contributed by atoms with Crippen LogP contribution in [0.2, 0.25) is 5.02 Å². The summed E-state index contributed by atoms with van der Waals surface area (Å²) in [4.78, 5) is 20.7. The molecule has 4 aromatic rings. The highest BCUT2D eigenvalue weighted by molar-refractivity contribution is 6.31. The zero-order valence-electron chi connectivity index (χ0n) is 17.1. The van der Waals surface area contributed by atoms with Crippen LogP contribution in [-0.2, 0) is 11.2 Å². The van der Waals surface area contributed by atoms with Crippen LogP contribution in [-0.4, -0.2) is 34.1 Å². The molecule has 0 fully saturated rings. The summed E-state index contributed by atoms with van der Waals surface area (Å²) in [6, 6.07) is 13.3. The number of hydrogen-bond acceptors (Lipinski definition) is 6. The molecule has 9 heteroatoms. The lowest BCUT2D eigenvalue weighted by atomic mass is 10.2. The number of amides is 1. The molecule has 0 saturated carbocycles. The van der Waals surface area contributed by atoms with Gasteiger partial charge in [0.2, 0.25) is 17.6 Å². The van der Waals surface area contributed by atoms with Gasteiger partial charge in [0.05, 0.1) is 5.52 Å². The van der Waals surface area contributed by atoms with Gasteiger partial charge in [-0.25, -0.2) is 4.39 Å². The van der Waals surface area contributed by atoms with E-state index in [2.05, 4.69) is 25.8 Å². The summed E-state index contributed by atoms with van der Waals surface area (Å²) >= 11 is 6.02. The molecular formula is C23H21ClFN5O2. The van der Waals surface area contributed by atoms with E-state index in [0.29, 0.717) is 41.8 Å². The smallest absolute Gasteiger partial charge is 0.227 e. The Morgan fingerprint density at radius 3 is 2.78 bits per heavy atom. The number of nitrogens with one attached hydrogen (secondary N) is 2. The summed E-state index contributed by atoms with van der Waals surface area (Å²) in [7, 11) is 0. The second-order valence-corrected chi connectivity index (χ2v) is 7.61. The Hall–Kier alpha value is -3.52. The highest BCUT2D eigenvalue weighted by atomic mass is 35.5. The quantitative estimate of drug-likeness (QED) is 0.359. The number of fused-ring (bicyclic) bond motifs is 1. The van der Waals surface area contributed by atoms with Gasteiger partial charge in [-0.2, -0.15) is 4.98 Å². The van der Waals surface area contributed by atoms with E-state index in [1.165, 1.54) is 12.1 Å². The van der Waals surface area contributed by atoms with Gasteiger partial charge in [-0.15, -0.1) is 0 Å². The Labute approximate surface area is 189 Å². The maximum absolute atomic E-state index is 13.0. The van der Waals surface area contributed by atoms with Crippen LogP contribution in [0.25, 0.3) is 22.3 Å². The maximum atomic E-state index is 13.0. The zero-order chi connectivity index (χ0) is 22.3. The molecule has 0 spiro atoms. The number of nitrogens with zero attached hydrogens (tertiary/aromatic N) is 3. The summed E-state index contributed by atoms with van der Waals surface area (Å²) in [6.07, 6.45) is 3.08. The summed E-state index contributed by atoms with van der Waals surface area (Å²) in [6.45, 7) is 1.25. The molecular weight excluding hydrogens is 433 g/mol. The molecule has 2 N–H and O–H groups in total. The van der Waals surface area contributed by atoms with Crippen molar-refractivity contribution in [3.63, 3.8) is 0 Å². The molecule has 0 aliphatic heterocycles. The Bertz CT molecular complexity index is 1210. The van der Waals surface area contributed by atoms with E-state index in [4.69, 9.17) is 16.1 Å². The van der Waals surface area contributed by atoms with Gasteiger partial charge in [-0.1, -0.05) is 16.8 Å². The molecule has 0 atom stereocenters. The monoisotopic (exact) mass is 453 g/mol. The maximum Gasteiger partial charge on any atom is 0.227 e. The molecule has 32 heavy (non-hydrogen) atoms. The minimum absolute atomic E-state index is 0.0875. The van der Waals surface area contributed by atoms with Crippen molar-refractivity contribution >= 4 is 34.1 Å². The SMILES string of the molecule is O=C(CCc1nc(-c2ccc(F)cc2)no1)NCCCNc1ccnc2cc(Cl)ccc12. The van der Waals surface area contributed by atoms with E-state index in [0.717, 1.165) is 23.0 Å². The van der Waals surface area contributed by atoms with Crippen LogP contribution < -0.4 is 10.6 Å². The van der Waals surface area contributed by atoms with E-state index in [1.807, 2.05) is 24.3 Å². The highest BCUT2D eigenvalue weighted by Crippen LogP contribution is 2.24.